The van der Waals surface area contributed by atoms with Crippen LogP contribution in [0.3, 0.4) is 0 Å². The molecule has 2 N–H and O–H groups in total. The Labute approximate surface area is 94.1 Å². The molecule has 0 aliphatic heterocycles. The van der Waals surface area contributed by atoms with E-state index >= 15 is 0 Å². The van der Waals surface area contributed by atoms with Crippen LogP contribution in [0.5, 0.6) is 5.75 Å². The molecule has 16 heavy (non-hydrogen) atoms. The Bertz CT molecular complexity index is 492. The highest BCUT2D eigenvalue weighted by Crippen LogP contribution is 2.20. The molecule has 0 amide bonds. The van der Waals surface area contributed by atoms with Gasteiger partial charge in [-0.15, -0.1) is 0 Å². The first-order valence-corrected chi connectivity index (χ1v) is 5.02. The Morgan fingerprint density at radius 2 is 2.25 bits per heavy atom. The van der Waals surface area contributed by atoms with E-state index in [1.54, 1.807) is 13.4 Å². The van der Waals surface area contributed by atoms with E-state index in [1.165, 1.54) is 0 Å². The second-order valence-electron chi connectivity index (χ2n) is 3.66. The van der Waals surface area contributed by atoms with Gasteiger partial charge in [0.15, 0.2) is 0 Å². The number of ether oxygens (including phenoxy) is 1. The van der Waals surface area contributed by atoms with Crippen molar-refractivity contribution in [2.75, 3.05) is 12.8 Å². The normalized spacial score (nSPS) is 10.4. The Hall–Kier alpha value is -1.97. The largest absolute Gasteiger partial charge is 0.496 e. The van der Waals surface area contributed by atoms with Crippen LogP contribution < -0.4 is 10.5 Å². The highest BCUT2D eigenvalue weighted by molar-refractivity contribution is 5.37. The average Bonchev–Trinajstić information content (AvgIpc) is 2.64. The fourth-order valence-electron chi connectivity index (χ4n) is 1.66. The Kier molecular flexibility index (Phi) is 2.81. The minimum atomic E-state index is 0.209. The molecule has 1 heterocycles. The van der Waals surface area contributed by atoms with Gasteiger partial charge < -0.3 is 14.9 Å². The molecule has 0 fully saturated rings. The number of rotatable bonds is 3. The number of hydrogen-bond acceptors (Lipinski definition) is 4. The van der Waals surface area contributed by atoms with Gasteiger partial charge in [-0.2, -0.15) is 4.98 Å². The van der Waals surface area contributed by atoms with E-state index in [0.717, 1.165) is 22.6 Å². The average molecular weight is 218 g/mol. The summed E-state index contributed by atoms with van der Waals surface area (Å²) in [7, 11) is 1.67. The third-order valence-corrected chi connectivity index (χ3v) is 2.41. The zero-order chi connectivity index (χ0) is 11.5. The summed E-state index contributed by atoms with van der Waals surface area (Å²) in [6.45, 7) is 2.01. The molecular formula is C12H14N2O2. The van der Waals surface area contributed by atoms with E-state index in [0.29, 0.717) is 6.42 Å². The highest BCUT2D eigenvalue weighted by Gasteiger charge is 2.04. The van der Waals surface area contributed by atoms with Crippen molar-refractivity contribution < 1.29 is 9.15 Å². The van der Waals surface area contributed by atoms with Gasteiger partial charge in [0.05, 0.1) is 12.8 Å². The predicted octanol–water partition coefficient (Wildman–Crippen LogP) is 2.16. The van der Waals surface area contributed by atoms with Crippen LogP contribution >= 0.6 is 0 Å². The molecule has 2 aromatic rings. The van der Waals surface area contributed by atoms with Crippen molar-refractivity contribution in [3.05, 3.63) is 41.3 Å². The molecule has 2 rings (SSSR count). The maximum absolute atomic E-state index is 5.41. The molecule has 4 heteroatoms. The molecule has 0 saturated carbocycles. The van der Waals surface area contributed by atoms with Crippen LogP contribution in [-0.2, 0) is 6.42 Å². The van der Waals surface area contributed by atoms with Crippen LogP contribution in [0.1, 0.15) is 16.8 Å². The van der Waals surface area contributed by atoms with Crippen molar-refractivity contribution in [1.29, 1.82) is 0 Å². The van der Waals surface area contributed by atoms with Crippen LogP contribution in [-0.4, -0.2) is 12.1 Å². The third kappa shape index (κ3) is 2.16. The minimum Gasteiger partial charge on any atom is -0.496 e. The molecule has 0 saturated heterocycles. The predicted molar refractivity (Wildman–Crippen MR) is 61.5 cm³/mol. The van der Waals surface area contributed by atoms with Gasteiger partial charge >= 0.3 is 0 Å². The lowest BCUT2D eigenvalue weighted by molar-refractivity contribution is 0.411. The number of anilines is 1. The monoisotopic (exact) mass is 218 g/mol. The summed E-state index contributed by atoms with van der Waals surface area (Å²) in [4.78, 5) is 4.06. The van der Waals surface area contributed by atoms with E-state index in [9.17, 15) is 0 Å². The van der Waals surface area contributed by atoms with Gasteiger partial charge in [0.2, 0.25) is 0 Å². The summed E-state index contributed by atoms with van der Waals surface area (Å²) in [6, 6.07) is 6.24. The smallest absolute Gasteiger partial charge is 0.292 e. The van der Waals surface area contributed by atoms with E-state index in [2.05, 4.69) is 11.1 Å². The maximum atomic E-state index is 5.41. The second-order valence-corrected chi connectivity index (χ2v) is 3.66. The van der Waals surface area contributed by atoms with Crippen LogP contribution in [0.25, 0.3) is 0 Å². The molecule has 4 nitrogen and oxygen atoms in total. The molecule has 84 valence electrons. The standard InChI is InChI=1S/C12H14N2O2/c1-8-5-9(3-4-11(8)15-2)6-10-7-16-12(13)14-10/h3-5,7H,6H2,1-2H3,(H2,13,14). The van der Waals surface area contributed by atoms with E-state index in [-0.39, 0.29) is 6.01 Å². The molecule has 0 spiro atoms. The topological polar surface area (TPSA) is 61.3 Å². The first-order valence-electron chi connectivity index (χ1n) is 5.02. The minimum absolute atomic E-state index is 0.209. The maximum Gasteiger partial charge on any atom is 0.292 e. The Balaban J connectivity index is 2.19. The lowest BCUT2D eigenvalue weighted by Crippen LogP contribution is -1.93. The lowest BCUT2D eigenvalue weighted by Gasteiger charge is -2.06. The van der Waals surface area contributed by atoms with Gasteiger partial charge in [0.1, 0.15) is 12.0 Å². The summed E-state index contributed by atoms with van der Waals surface area (Å²) < 4.78 is 10.2. The molecule has 0 aliphatic rings. The molecule has 1 aromatic heterocycles. The van der Waals surface area contributed by atoms with Gasteiger partial charge in [-0.05, 0) is 24.1 Å². The lowest BCUT2D eigenvalue weighted by atomic mass is 10.1. The van der Waals surface area contributed by atoms with E-state index in [4.69, 9.17) is 14.9 Å². The number of aryl methyl sites for hydroxylation is 1. The van der Waals surface area contributed by atoms with Gasteiger partial charge in [0.25, 0.3) is 6.01 Å². The van der Waals surface area contributed by atoms with Crippen molar-refractivity contribution in [3.8, 4) is 5.75 Å². The van der Waals surface area contributed by atoms with E-state index < -0.39 is 0 Å². The Morgan fingerprint density at radius 1 is 1.44 bits per heavy atom. The van der Waals surface area contributed by atoms with Crippen LogP contribution in [0.4, 0.5) is 6.01 Å². The van der Waals surface area contributed by atoms with Gasteiger partial charge in [-0.25, -0.2) is 0 Å². The number of oxazole rings is 1. The molecule has 1 aromatic carbocycles. The number of aromatic nitrogens is 1. The first-order chi connectivity index (χ1) is 7.69. The summed E-state index contributed by atoms with van der Waals surface area (Å²) in [5.74, 6) is 0.892. The van der Waals surface area contributed by atoms with Crippen LogP contribution in [0.15, 0.2) is 28.9 Å². The number of methoxy groups -OCH3 is 1. The van der Waals surface area contributed by atoms with Crippen molar-refractivity contribution in [1.82, 2.24) is 4.98 Å². The summed E-state index contributed by atoms with van der Waals surface area (Å²) >= 11 is 0. The van der Waals surface area contributed by atoms with Crippen molar-refractivity contribution in [3.63, 3.8) is 0 Å². The summed E-state index contributed by atoms with van der Waals surface area (Å²) in [5, 5.41) is 0. The van der Waals surface area contributed by atoms with Crippen molar-refractivity contribution in [2.45, 2.75) is 13.3 Å². The third-order valence-electron chi connectivity index (χ3n) is 2.41. The quantitative estimate of drug-likeness (QED) is 0.857. The molecule has 0 bridgehead atoms. The van der Waals surface area contributed by atoms with Gasteiger partial charge in [-0.1, -0.05) is 12.1 Å². The molecule has 0 radical (unpaired) electrons. The number of nitrogens with two attached hydrogens (primary N) is 1. The number of nitrogen functional groups attached to an aromatic ring is 1. The fraction of sp³-hybridized carbons (Fsp3) is 0.250. The molecule has 0 aliphatic carbocycles. The summed E-state index contributed by atoms with van der Waals surface area (Å²) in [5.41, 5.74) is 8.51. The first kappa shape index (κ1) is 10.5. The van der Waals surface area contributed by atoms with Gasteiger partial charge in [0, 0.05) is 6.42 Å². The highest BCUT2D eigenvalue weighted by atomic mass is 16.5. The van der Waals surface area contributed by atoms with E-state index in [1.807, 2.05) is 19.1 Å². The number of hydrogen-bond donors (Lipinski definition) is 1. The Morgan fingerprint density at radius 3 is 2.81 bits per heavy atom. The molecular weight excluding hydrogens is 204 g/mol. The van der Waals surface area contributed by atoms with Crippen LogP contribution in [0.2, 0.25) is 0 Å². The zero-order valence-electron chi connectivity index (χ0n) is 9.36. The SMILES string of the molecule is COc1ccc(Cc2coc(N)n2)cc1C. The van der Waals surface area contributed by atoms with Crippen molar-refractivity contribution in [2.24, 2.45) is 0 Å². The zero-order valence-corrected chi connectivity index (χ0v) is 9.36. The number of benzene rings is 1. The van der Waals surface area contributed by atoms with Crippen LogP contribution in [0, 0.1) is 6.92 Å². The number of nitrogens with zero attached hydrogens (tertiary/aromatic N) is 1. The molecule has 0 unspecified atom stereocenters. The second kappa shape index (κ2) is 4.26. The van der Waals surface area contributed by atoms with Gasteiger partial charge in [-0.3, -0.25) is 0 Å². The summed E-state index contributed by atoms with van der Waals surface area (Å²) in [6.07, 6.45) is 2.29. The molecule has 0 atom stereocenters. The fourth-order valence-corrected chi connectivity index (χ4v) is 1.66. The van der Waals surface area contributed by atoms with Crippen molar-refractivity contribution >= 4 is 6.01 Å².